The number of hydrogen-bond acceptors (Lipinski definition) is 2. The predicted molar refractivity (Wildman–Crippen MR) is 80.2 cm³/mol. The lowest BCUT2D eigenvalue weighted by atomic mass is 9.84. The SMILES string of the molecule is Cc1ccc(C(C)(C)CNCCNC(C)C)cc1. The molecule has 0 saturated heterocycles. The van der Waals surface area contributed by atoms with E-state index in [0.717, 1.165) is 19.6 Å². The number of rotatable bonds is 7. The van der Waals surface area contributed by atoms with Crippen molar-refractivity contribution in [3.8, 4) is 0 Å². The van der Waals surface area contributed by atoms with E-state index in [2.05, 4.69) is 69.5 Å². The van der Waals surface area contributed by atoms with Crippen LogP contribution in [0.2, 0.25) is 0 Å². The van der Waals surface area contributed by atoms with Gasteiger partial charge in [0.2, 0.25) is 0 Å². The Morgan fingerprint density at radius 3 is 2.22 bits per heavy atom. The smallest absolute Gasteiger partial charge is 0.00791 e. The fourth-order valence-corrected chi connectivity index (χ4v) is 1.96. The van der Waals surface area contributed by atoms with Crippen LogP contribution in [0.15, 0.2) is 24.3 Å². The van der Waals surface area contributed by atoms with Gasteiger partial charge in [0.25, 0.3) is 0 Å². The molecule has 0 aliphatic rings. The summed E-state index contributed by atoms with van der Waals surface area (Å²) in [6.45, 7) is 14.1. The zero-order chi connectivity index (χ0) is 13.6. The van der Waals surface area contributed by atoms with E-state index in [0.29, 0.717) is 6.04 Å². The molecule has 2 N–H and O–H groups in total. The quantitative estimate of drug-likeness (QED) is 0.725. The fourth-order valence-electron chi connectivity index (χ4n) is 1.96. The summed E-state index contributed by atoms with van der Waals surface area (Å²) in [4.78, 5) is 0. The third-order valence-corrected chi connectivity index (χ3v) is 3.25. The van der Waals surface area contributed by atoms with Crippen LogP contribution in [0.5, 0.6) is 0 Å². The van der Waals surface area contributed by atoms with E-state index in [-0.39, 0.29) is 5.41 Å². The molecule has 1 rings (SSSR count). The number of nitrogens with one attached hydrogen (secondary N) is 2. The summed E-state index contributed by atoms with van der Waals surface area (Å²) in [5, 5.41) is 6.95. The predicted octanol–water partition coefficient (Wildman–Crippen LogP) is 2.86. The monoisotopic (exact) mass is 248 g/mol. The average molecular weight is 248 g/mol. The minimum absolute atomic E-state index is 0.186. The summed E-state index contributed by atoms with van der Waals surface area (Å²) in [5.74, 6) is 0. The summed E-state index contributed by atoms with van der Waals surface area (Å²) >= 11 is 0. The van der Waals surface area contributed by atoms with Crippen molar-refractivity contribution in [3.05, 3.63) is 35.4 Å². The van der Waals surface area contributed by atoms with Crippen LogP contribution in [0.4, 0.5) is 0 Å². The Morgan fingerprint density at radius 2 is 1.67 bits per heavy atom. The number of hydrogen-bond donors (Lipinski definition) is 2. The molecule has 1 aromatic rings. The molecule has 0 spiro atoms. The first-order valence-corrected chi connectivity index (χ1v) is 6.93. The Kier molecular flexibility index (Phi) is 5.83. The van der Waals surface area contributed by atoms with Crippen molar-refractivity contribution in [2.24, 2.45) is 0 Å². The maximum absolute atomic E-state index is 3.53. The molecule has 1 aromatic carbocycles. The highest BCUT2D eigenvalue weighted by Crippen LogP contribution is 2.22. The third kappa shape index (κ3) is 5.19. The first kappa shape index (κ1) is 15.2. The topological polar surface area (TPSA) is 24.1 Å². The molecule has 0 aliphatic carbocycles. The van der Waals surface area contributed by atoms with Crippen LogP contribution in [0.1, 0.15) is 38.8 Å². The van der Waals surface area contributed by atoms with E-state index in [1.54, 1.807) is 0 Å². The second-order valence-electron chi connectivity index (χ2n) is 6.04. The van der Waals surface area contributed by atoms with Gasteiger partial charge in [-0.3, -0.25) is 0 Å². The summed E-state index contributed by atoms with van der Waals surface area (Å²) in [7, 11) is 0. The zero-order valence-electron chi connectivity index (χ0n) is 12.5. The first-order chi connectivity index (χ1) is 8.42. The van der Waals surface area contributed by atoms with Gasteiger partial charge in [0.05, 0.1) is 0 Å². The average Bonchev–Trinajstić information content (AvgIpc) is 2.28. The minimum atomic E-state index is 0.186. The second-order valence-corrected chi connectivity index (χ2v) is 6.04. The van der Waals surface area contributed by atoms with Crippen molar-refractivity contribution >= 4 is 0 Å². The molecule has 0 atom stereocenters. The zero-order valence-corrected chi connectivity index (χ0v) is 12.5. The van der Waals surface area contributed by atoms with Gasteiger partial charge in [-0.1, -0.05) is 57.5 Å². The van der Waals surface area contributed by atoms with Crippen molar-refractivity contribution in [3.63, 3.8) is 0 Å². The third-order valence-electron chi connectivity index (χ3n) is 3.25. The molecule has 0 saturated carbocycles. The van der Waals surface area contributed by atoms with E-state index in [4.69, 9.17) is 0 Å². The first-order valence-electron chi connectivity index (χ1n) is 6.93. The van der Waals surface area contributed by atoms with Gasteiger partial charge in [-0.05, 0) is 12.5 Å². The van der Waals surface area contributed by atoms with Gasteiger partial charge in [0, 0.05) is 31.1 Å². The van der Waals surface area contributed by atoms with Crippen LogP contribution < -0.4 is 10.6 Å². The highest BCUT2D eigenvalue weighted by atomic mass is 15.0. The molecule has 0 unspecified atom stereocenters. The van der Waals surface area contributed by atoms with E-state index in [1.807, 2.05) is 0 Å². The van der Waals surface area contributed by atoms with Crippen LogP contribution in [-0.4, -0.2) is 25.7 Å². The van der Waals surface area contributed by atoms with Crippen molar-refractivity contribution in [2.75, 3.05) is 19.6 Å². The summed E-state index contributed by atoms with van der Waals surface area (Å²) in [6.07, 6.45) is 0. The molecule has 0 aromatic heterocycles. The van der Waals surface area contributed by atoms with E-state index >= 15 is 0 Å². The maximum Gasteiger partial charge on any atom is 0.00791 e. The van der Waals surface area contributed by atoms with Crippen LogP contribution >= 0.6 is 0 Å². The molecule has 0 aliphatic heterocycles. The molecule has 2 nitrogen and oxygen atoms in total. The molecule has 2 heteroatoms. The molecule has 0 heterocycles. The molecule has 102 valence electrons. The van der Waals surface area contributed by atoms with Gasteiger partial charge >= 0.3 is 0 Å². The van der Waals surface area contributed by atoms with Gasteiger partial charge in [0.1, 0.15) is 0 Å². The Labute approximate surface area is 112 Å². The molecular weight excluding hydrogens is 220 g/mol. The van der Waals surface area contributed by atoms with Gasteiger partial charge < -0.3 is 10.6 Å². The largest absolute Gasteiger partial charge is 0.315 e. The van der Waals surface area contributed by atoms with E-state index < -0.39 is 0 Å². The molecule has 0 amide bonds. The summed E-state index contributed by atoms with van der Waals surface area (Å²) in [5.41, 5.74) is 2.91. The highest BCUT2D eigenvalue weighted by molar-refractivity contribution is 5.27. The fraction of sp³-hybridized carbons (Fsp3) is 0.625. The molecule has 18 heavy (non-hydrogen) atoms. The normalized spacial score (nSPS) is 12.1. The van der Waals surface area contributed by atoms with Gasteiger partial charge in [-0.2, -0.15) is 0 Å². The van der Waals surface area contributed by atoms with Crippen LogP contribution in [0.25, 0.3) is 0 Å². The van der Waals surface area contributed by atoms with Crippen molar-refractivity contribution in [1.29, 1.82) is 0 Å². The van der Waals surface area contributed by atoms with E-state index in [9.17, 15) is 0 Å². The minimum Gasteiger partial charge on any atom is -0.315 e. The molecule has 0 radical (unpaired) electrons. The molecule has 0 fully saturated rings. The maximum atomic E-state index is 3.53. The number of aryl methyl sites for hydroxylation is 1. The van der Waals surface area contributed by atoms with Crippen molar-refractivity contribution < 1.29 is 0 Å². The Bertz CT molecular complexity index is 339. The standard InChI is InChI=1S/C16H28N2/c1-13(2)18-11-10-17-12-16(4,5)15-8-6-14(3)7-9-15/h6-9,13,17-18H,10-12H2,1-5H3. The van der Waals surface area contributed by atoms with E-state index in [1.165, 1.54) is 11.1 Å². The lowest BCUT2D eigenvalue weighted by molar-refractivity contribution is 0.458. The van der Waals surface area contributed by atoms with Crippen LogP contribution in [0.3, 0.4) is 0 Å². The number of benzene rings is 1. The van der Waals surface area contributed by atoms with Crippen molar-refractivity contribution in [1.82, 2.24) is 10.6 Å². The Hall–Kier alpha value is -0.860. The summed E-state index contributed by atoms with van der Waals surface area (Å²) < 4.78 is 0. The second kappa shape index (κ2) is 6.91. The highest BCUT2D eigenvalue weighted by Gasteiger charge is 2.19. The Balaban J connectivity index is 2.37. The van der Waals surface area contributed by atoms with Crippen LogP contribution in [0, 0.1) is 6.92 Å². The van der Waals surface area contributed by atoms with Gasteiger partial charge in [-0.15, -0.1) is 0 Å². The van der Waals surface area contributed by atoms with Gasteiger partial charge in [-0.25, -0.2) is 0 Å². The Morgan fingerprint density at radius 1 is 1.06 bits per heavy atom. The lowest BCUT2D eigenvalue weighted by Gasteiger charge is -2.26. The molecular formula is C16H28N2. The van der Waals surface area contributed by atoms with Gasteiger partial charge in [0.15, 0.2) is 0 Å². The molecule has 0 bridgehead atoms. The van der Waals surface area contributed by atoms with Crippen molar-refractivity contribution in [2.45, 2.75) is 46.1 Å². The lowest BCUT2D eigenvalue weighted by Crippen LogP contribution is -2.38. The summed E-state index contributed by atoms with van der Waals surface area (Å²) in [6, 6.07) is 9.43. The van der Waals surface area contributed by atoms with Crippen LogP contribution in [-0.2, 0) is 5.41 Å².